The number of amides is 1. The van der Waals surface area contributed by atoms with Gasteiger partial charge in [0.2, 0.25) is 0 Å². The van der Waals surface area contributed by atoms with E-state index in [1.807, 2.05) is 4.90 Å². The molecule has 1 heterocycles. The van der Waals surface area contributed by atoms with Gasteiger partial charge in [0.1, 0.15) is 6.61 Å². The second kappa shape index (κ2) is 6.97. The molecule has 0 spiro atoms. The van der Waals surface area contributed by atoms with E-state index >= 15 is 0 Å². The van der Waals surface area contributed by atoms with Crippen LogP contribution in [0.2, 0.25) is 10.0 Å². The number of nitrogens with zero attached hydrogens (tertiary/aromatic N) is 1. The molecule has 1 aromatic carbocycles. The van der Waals surface area contributed by atoms with Crippen LogP contribution in [0.1, 0.15) is 0 Å². The summed E-state index contributed by atoms with van der Waals surface area (Å²) in [6.07, 6.45) is -0.540. The SMILES string of the molecule is O=C(Nc1ccc(Cl)c(Cl)c1)OCCN1CCNC1=S. The Morgan fingerprint density at radius 2 is 2.25 bits per heavy atom. The molecule has 5 nitrogen and oxygen atoms in total. The Bertz CT molecular complexity index is 527. The number of ether oxygens (including phenoxy) is 1. The fourth-order valence-electron chi connectivity index (χ4n) is 1.70. The molecule has 1 saturated heterocycles. The lowest BCUT2D eigenvalue weighted by molar-refractivity contribution is 0.154. The quantitative estimate of drug-likeness (QED) is 0.830. The lowest BCUT2D eigenvalue weighted by Crippen LogP contribution is -2.32. The molecule has 0 unspecified atom stereocenters. The van der Waals surface area contributed by atoms with Gasteiger partial charge in [-0.3, -0.25) is 5.32 Å². The summed E-state index contributed by atoms with van der Waals surface area (Å²) >= 11 is 16.7. The molecule has 1 fully saturated rings. The fraction of sp³-hybridized carbons (Fsp3) is 0.333. The number of carbonyl (C=O) groups is 1. The molecule has 0 atom stereocenters. The zero-order valence-electron chi connectivity index (χ0n) is 10.5. The Morgan fingerprint density at radius 3 is 2.90 bits per heavy atom. The second-order valence-corrected chi connectivity index (χ2v) is 5.31. The summed E-state index contributed by atoms with van der Waals surface area (Å²) in [5.74, 6) is 0. The van der Waals surface area contributed by atoms with Gasteiger partial charge in [0.15, 0.2) is 5.11 Å². The van der Waals surface area contributed by atoms with Crippen molar-refractivity contribution in [3.05, 3.63) is 28.2 Å². The van der Waals surface area contributed by atoms with Gasteiger partial charge in [-0.25, -0.2) is 4.79 Å². The first kappa shape index (κ1) is 15.2. The highest BCUT2D eigenvalue weighted by atomic mass is 35.5. The van der Waals surface area contributed by atoms with E-state index < -0.39 is 6.09 Å². The zero-order chi connectivity index (χ0) is 14.5. The third-order valence-corrected chi connectivity index (χ3v) is 3.85. The number of halogens is 2. The van der Waals surface area contributed by atoms with Crippen LogP contribution in [-0.2, 0) is 4.74 Å². The molecule has 0 saturated carbocycles. The van der Waals surface area contributed by atoms with Crippen molar-refractivity contribution >= 4 is 52.3 Å². The van der Waals surface area contributed by atoms with Crippen molar-refractivity contribution in [3.63, 3.8) is 0 Å². The molecule has 0 aromatic heterocycles. The first-order valence-corrected chi connectivity index (χ1v) is 7.14. The van der Waals surface area contributed by atoms with E-state index in [2.05, 4.69) is 10.6 Å². The van der Waals surface area contributed by atoms with E-state index in [1.165, 1.54) is 0 Å². The molecule has 0 aliphatic carbocycles. The molecule has 1 aliphatic heterocycles. The van der Waals surface area contributed by atoms with Crippen molar-refractivity contribution in [1.82, 2.24) is 10.2 Å². The van der Waals surface area contributed by atoms with Crippen LogP contribution in [0.15, 0.2) is 18.2 Å². The number of thiocarbonyl (C=S) groups is 1. The lowest BCUT2D eigenvalue weighted by atomic mass is 10.3. The van der Waals surface area contributed by atoms with Crippen molar-refractivity contribution in [2.75, 3.05) is 31.6 Å². The minimum atomic E-state index is -0.540. The molecule has 8 heteroatoms. The van der Waals surface area contributed by atoms with Gasteiger partial charge in [0.25, 0.3) is 0 Å². The van der Waals surface area contributed by atoms with E-state index in [0.717, 1.165) is 13.1 Å². The van der Waals surface area contributed by atoms with Crippen molar-refractivity contribution in [2.45, 2.75) is 0 Å². The van der Waals surface area contributed by atoms with Gasteiger partial charge >= 0.3 is 6.09 Å². The van der Waals surface area contributed by atoms with Gasteiger partial charge in [0, 0.05) is 18.8 Å². The van der Waals surface area contributed by atoms with Crippen molar-refractivity contribution < 1.29 is 9.53 Å². The van der Waals surface area contributed by atoms with Crippen LogP contribution in [0.5, 0.6) is 0 Å². The van der Waals surface area contributed by atoms with Crippen LogP contribution in [0, 0.1) is 0 Å². The third kappa shape index (κ3) is 4.13. The first-order chi connectivity index (χ1) is 9.56. The maximum absolute atomic E-state index is 11.6. The molecule has 1 amide bonds. The van der Waals surface area contributed by atoms with E-state index in [-0.39, 0.29) is 6.61 Å². The number of anilines is 1. The van der Waals surface area contributed by atoms with Crippen LogP contribution >= 0.6 is 35.4 Å². The molecule has 2 N–H and O–H groups in total. The van der Waals surface area contributed by atoms with Crippen LogP contribution in [0.25, 0.3) is 0 Å². The maximum Gasteiger partial charge on any atom is 0.411 e. The summed E-state index contributed by atoms with van der Waals surface area (Å²) in [7, 11) is 0. The minimum Gasteiger partial charge on any atom is -0.447 e. The number of nitrogens with one attached hydrogen (secondary N) is 2. The van der Waals surface area contributed by atoms with E-state index in [0.29, 0.717) is 27.4 Å². The maximum atomic E-state index is 11.6. The standard InChI is InChI=1S/C12H13Cl2N3O2S/c13-9-2-1-8(7-10(9)14)16-12(18)19-6-5-17-4-3-15-11(17)20/h1-2,7H,3-6H2,(H,15,20)(H,16,18). The number of rotatable bonds is 4. The van der Waals surface area contributed by atoms with Crippen molar-refractivity contribution in [3.8, 4) is 0 Å². The van der Waals surface area contributed by atoms with Gasteiger partial charge in [-0.05, 0) is 30.4 Å². The monoisotopic (exact) mass is 333 g/mol. The Hall–Kier alpha value is -1.24. The summed E-state index contributed by atoms with van der Waals surface area (Å²) in [5.41, 5.74) is 0.530. The van der Waals surface area contributed by atoms with Crippen LogP contribution in [0.4, 0.5) is 10.5 Å². The number of benzene rings is 1. The normalized spacial score (nSPS) is 14.1. The predicted molar refractivity (Wildman–Crippen MR) is 83.6 cm³/mol. The second-order valence-electron chi connectivity index (χ2n) is 4.11. The summed E-state index contributed by atoms with van der Waals surface area (Å²) in [6, 6.07) is 4.81. The molecular formula is C12H13Cl2N3O2S. The minimum absolute atomic E-state index is 0.259. The number of hydrogen-bond donors (Lipinski definition) is 2. The van der Waals surface area contributed by atoms with E-state index in [1.54, 1.807) is 18.2 Å². The summed E-state index contributed by atoms with van der Waals surface area (Å²) in [6.45, 7) is 2.49. The summed E-state index contributed by atoms with van der Waals surface area (Å²) in [5, 5.41) is 7.11. The highest BCUT2D eigenvalue weighted by Gasteiger charge is 2.15. The predicted octanol–water partition coefficient (Wildman–Crippen LogP) is 2.73. The Labute approximate surface area is 132 Å². The Balaban J connectivity index is 1.75. The zero-order valence-corrected chi connectivity index (χ0v) is 12.8. The largest absolute Gasteiger partial charge is 0.447 e. The van der Waals surface area contributed by atoms with Crippen molar-refractivity contribution in [2.24, 2.45) is 0 Å². The van der Waals surface area contributed by atoms with Crippen LogP contribution in [0.3, 0.4) is 0 Å². The van der Waals surface area contributed by atoms with Gasteiger partial charge < -0.3 is 15.0 Å². The molecule has 108 valence electrons. The summed E-state index contributed by atoms with van der Waals surface area (Å²) in [4.78, 5) is 13.5. The summed E-state index contributed by atoms with van der Waals surface area (Å²) < 4.78 is 5.07. The third-order valence-electron chi connectivity index (χ3n) is 2.71. The average molecular weight is 334 g/mol. The first-order valence-electron chi connectivity index (χ1n) is 5.98. The number of hydrogen-bond acceptors (Lipinski definition) is 3. The van der Waals surface area contributed by atoms with Gasteiger partial charge in [-0.15, -0.1) is 0 Å². The smallest absolute Gasteiger partial charge is 0.411 e. The average Bonchev–Trinajstić information content (AvgIpc) is 2.80. The molecule has 20 heavy (non-hydrogen) atoms. The molecule has 0 bridgehead atoms. The van der Waals surface area contributed by atoms with E-state index in [9.17, 15) is 4.79 Å². The van der Waals surface area contributed by atoms with Gasteiger partial charge in [-0.1, -0.05) is 23.2 Å². The van der Waals surface area contributed by atoms with E-state index in [4.69, 9.17) is 40.2 Å². The Kier molecular flexibility index (Phi) is 5.28. The van der Waals surface area contributed by atoms with Crippen molar-refractivity contribution in [1.29, 1.82) is 0 Å². The highest BCUT2D eigenvalue weighted by molar-refractivity contribution is 7.80. The fourth-order valence-corrected chi connectivity index (χ4v) is 2.28. The Morgan fingerprint density at radius 1 is 1.45 bits per heavy atom. The van der Waals surface area contributed by atoms with Gasteiger partial charge in [-0.2, -0.15) is 0 Å². The molecule has 2 rings (SSSR count). The lowest BCUT2D eigenvalue weighted by Gasteiger charge is -2.16. The molecular weight excluding hydrogens is 321 g/mol. The molecule has 1 aromatic rings. The highest BCUT2D eigenvalue weighted by Crippen LogP contribution is 2.24. The molecule has 1 aliphatic rings. The molecule has 0 radical (unpaired) electrons. The van der Waals surface area contributed by atoms with Crippen LogP contribution < -0.4 is 10.6 Å². The van der Waals surface area contributed by atoms with Crippen LogP contribution in [-0.4, -0.2) is 42.3 Å². The van der Waals surface area contributed by atoms with Gasteiger partial charge in [0.05, 0.1) is 16.6 Å². The topological polar surface area (TPSA) is 53.6 Å². The number of carbonyl (C=O) groups excluding carboxylic acids is 1.